The van der Waals surface area contributed by atoms with Crippen molar-refractivity contribution in [2.45, 2.75) is 25.8 Å². The van der Waals surface area contributed by atoms with Crippen LogP contribution < -0.4 is 11.5 Å². The number of rotatable bonds is 4. The summed E-state index contributed by atoms with van der Waals surface area (Å²) in [7, 11) is 0. The van der Waals surface area contributed by atoms with Gasteiger partial charge in [-0.25, -0.2) is 0 Å². The molecule has 0 saturated carbocycles. The number of esters is 1. The quantitative estimate of drug-likeness (QED) is 0.691. The van der Waals surface area contributed by atoms with E-state index in [-0.39, 0.29) is 43.8 Å². The summed E-state index contributed by atoms with van der Waals surface area (Å²) in [5.41, 5.74) is 10.2. The molecule has 0 aromatic rings. The molecule has 0 aromatic heterocycles. The fraction of sp³-hybridized carbons (Fsp3) is 0.857. The van der Waals surface area contributed by atoms with Crippen LogP contribution in [0.25, 0.3) is 0 Å². The second kappa shape index (κ2) is 8.56. The average molecular weight is 233 g/mol. The molecule has 4 N–H and O–H groups in total. The van der Waals surface area contributed by atoms with Crippen molar-refractivity contribution in [3.05, 3.63) is 0 Å². The van der Waals surface area contributed by atoms with Crippen molar-refractivity contribution >= 4 is 30.8 Å². The van der Waals surface area contributed by atoms with Gasteiger partial charge in [-0.3, -0.25) is 4.79 Å². The number of carbonyl (C=O) groups excluding carboxylic acids is 1. The van der Waals surface area contributed by atoms with Gasteiger partial charge in [0, 0.05) is 12.1 Å². The second-order valence-corrected chi connectivity index (χ2v) is 3.17. The molecule has 0 fully saturated rings. The molecule has 0 bridgehead atoms. The average Bonchev–Trinajstić information content (AvgIpc) is 1.79. The normalized spacial score (nSPS) is 9.54. The SMILES string of the molecule is CC(C)(N)CC(=O)OCCN.Cl.Cl. The lowest BCUT2D eigenvalue weighted by atomic mass is 10.0. The van der Waals surface area contributed by atoms with E-state index >= 15 is 0 Å². The summed E-state index contributed by atoms with van der Waals surface area (Å²) in [4.78, 5) is 10.9. The van der Waals surface area contributed by atoms with Gasteiger partial charge in [-0.05, 0) is 13.8 Å². The van der Waals surface area contributed by atoms with Crippen LogP contribution in [0.3, 0.4) is 0 Å². The molecule has 0 saturated heterocycles. The minimum Gasteiger partial charge on any atom is -0.464 e. The first-order valence-corrected chi connectivity index (χ1v) is 3.60. The number of hydrogen-bond acceptors (Lipinski definition) is 4. The van der Waals surface area contributed by atoms with Gasteiger partial charge in [-0.2, -0.15) is 0 Å². The molecule has 82 valence electrons. The fourth-order valence-electron chi connectivity index (χ4n) is 0.596. The number of nitrogens with two attached hydrogens (primary N) is 2. The van der Waals surface area contributed by atoms with E-state index in [9.17, 15) is 4.79 Å². The lowest BCUT2D eigenvalue weighted by Gasteiger charge is -2.16. The topological polar surface area (TPSA) is 78.3 Å². The highest BCUT2D eigenvalue weighted by atomic mass is 35.5. The Morgan fingerprint density at radius 2 is 1.85 bits per heavy atom. The van der Waals surface area contributed by atoms with Crippen molar-refractivity contribution < 1.29 is 9.53 Å². The van der Waals surface area contributed by atoms with E-state index in [2.05, 4.69) is 0 Å². The maximum atomic E-state index is 10.9. The number of ether oxygens (including phenoxy) is 1. The van der Waals surface area contributed by atoms with E-state index < -0.39 is 5.54 Å². The molecule has 0 aliphatic rings. The number of carbonyl (C=O) groups is 1. The standard InChI is InChI=1S/C7H16N2O2.2ClH/c1-7(2,9)5-6(10)11-4-3-8;;/h3-5,8-9H2,1-2H3;2*1H. The summed E-state index contributed by atoms with van der Waals surface area (Å²) in [6.45, 7) is 4.18. The summed E-state index contributed by atoms with van der Waals surface area (Å²) in [6.07, 6.45) is 0.229. The molecule has 0 radical (unpaired) electrons. The smallest absolute Gasteiger partial charge is 0.307 e. The van der Waals surface area contributed by atoms with Crippen LogP contribution in [0.4, 0.5) is 0 Å². The molecule has 6 heteroatoms. The maximum Gasteiger partial charge on any atom is 0.307 e. The first-order valence-electron chi connectivity index (χ1n) is 3.60. The van der Waals surface area contributed by atoms with E-state index in [1.54, 1.807) is 13.8 Å². The van der Waals surface area contributed by atoms with Crippen LogP contribution in [-0.2, 0) is 9.53 Å². The zero-order valence-electron chi connectivity index (χ0n) is 7.91. The number of halogens is 2. The highest BCUT2D eigenvalue weighted by Crippen LogP contribution is 2.03. The van der Waals surface area contributed by atoms with E-state index in [0.29, 0.717) is 6.54 Å². The third kappa shape index (κ3) is 14.8. The number of hydrogen-bond donors (Lipinski definition) is 2. The Hall–Kier alpha value is -0.0300. The Balaban J connectivity index is -0.000000500. The lowest BCUT2D eigenvalue weighted by molar-refractivity contribution is -0.144. The molecule has 0 amide bonds. The van der Waals surface area contributed by atoms with Crippen molar-refractivity contribution in [3.63, 3.8) is 0 Å². The summed E-state index contributed by atoms with van der Waals surface area (Å²) in [5.74, 6) is -0.289. The Morgan fingerprint density at radius 3 is 2.15 bits per heavy atom. The summed E-state index contributed by atoms with van der Waals surface area (Å²) < 4.78 is 4.72. The van der Waals surface area contributed by atoms with Gasteiger partial charge in [0.2, 0.25) is 0 Å². The minimum atomic E-state index is -0.494. The van der Waals surface area contributed by atoms with Crippen LogP contribution in [0.2, 0.25) is 0 Å². The van der Waals surface area contributed by atoms with Gasteiger partial charge in [0.05, 0.1) is 6.42 Å². The predicted octanol–water partition coefficient (Wildman–Crippen LogP) is 0.459. The third-order valence-electron chi connectivity index (χ3n) is 0.981. The van der Waals surface area contributed by atoms with Crippen LogP contribution in [0.1, 0.15) is 20.3 Å². The highest BCUT2D eigenvalue weighted by molar-refractivity contribution is 5.85. The Bertz CT molecular complexity index is 137. The maximum absolute atomic E-state index is 10.9. The first kappa shape index (κ1) is 18.7. The van der Waals surface area contributed by atoms with Gasteiger partial charge in [0.1, 0.15) is 6.61 Å². The van der Waals surface area contributed by atoms with Gasteiger partial charge in [0.15, 0.2) is 0 Å². The van der Waals surface area contributed by atoms with E-state index in [4.69, 9.17) is 16.2 Å². The molecule has 4 nitrogen and oxygen atoms in total. The van der Waals surface area contributed by atoms with E-state index in [1.807, 2.05) is 0 Å². The van der Waals surface area contributed by atoms with Crippen molar-refractivity contribution in [2.75, 3.05) is 13.2 Å². The highest BCUT2D eigenvalue weighted by Gasteiger charge is 2.16. The van der Waals surface area contributed by atoms with Crippen LogP contribution in [-0.4, -0.2) is 24.7 Å². The molecule has 0 unspecified atom stereocenters. The zero-order chi connectivity index (χ0) is 8.91. The molecule has 13 heavy (non-hydrogen) atoms. The predicted molar refractivity (Wildman–Crippen MR) is 57.4 cm³/mol. The monoisotopic (exact) mass is 232 g/mol. The van der Waals surface area contributed by atoms with Gasteiger partial charge >= 0.3 is 5.97 Å². The zero-order valence-corrected chi connectivity index (χ0v) is 9.54. The molecular formula is C7H18Cl2N2O2. The van der Waals surface area contributed by atoms with Crippen LogP contribution in [0.15, 0.2) is 0 Å². The van der Waals surface area contributed by atoms with Crippen molar-refractivity contribution in [1.29, 1.82) is 0 Å². The third-order valence-corrected chi connectivity index (χ3v) is 0.981. The van der Waals surface area contributed by atoms with Crippen LogP contribution in [0, 0.1) is 0 Å². The van der Waals surface area contributed by atoms with Gasteiger partial charge < -0.3 is 16.2 Å². The first-order chi connectivity index (χ1) is 4.95. The van der Waals surface area contributed by atoms with Gasteiger partial charge in [-0.15, -0.1) is 24.8 Å². The Labute approximate surface area is 91.2 Å². The lowest BCUT2D eigenvalue weighted by Crippen LogP contribution is -2.35. The molecular weight excluding hydrogens is 215 g/mol. The van der Waals surface area contributed by atoms with E-state index in [1.165, 1.54) is 0 Å². The van der Waals surface area contributed by atoms with Crippen molar-refractivity contribution in [1.82, 2.24) is 0 Å². The summed E-state index contributed by atoms with van der Waals surface area (Å²) in [5, 5.41) is 0. The summed E-state index contributed by atoms with van der Waals surface area (Å²) >= 11 is 0. The van der Waals surface area contributed by atoms with Crippen molar-refractivity contribution in [2.24, 2.45) is 11.5 Å². The molecule has 0 aliphatic carbocycles. The molecule has 0 heterocycles. The van der Waals surface area contributed by atoms with Gasteiger partial charge in [0.25, 0.3) is 0 Å². The fourth-order valence-corrected chi connectivity index (χ4v) is 0.596. The van der Waals surface area contributed by atoms with E-state index in [0.717, 1.165) is 0 Å². The Morgan fingerprint density at radius 1 is 1.38 bits per heavy atom. The Kier molecular flexibility index (Phi) is 12.3. The van der Waals surface area contributed by atoms with Crippen LogP contribution in [0.5, 0.6) is 0 Å². The molecule has 0 spiro atoms. The van der Waals surface area contributed by atoms with Crippen molar-refractivity contribution in [3.8, 4) is 0 Å². The van der Waals surface area contributed by atoms with Crippen LogP contribution >= 0.6 is 24.8 Å². The largest absolute Gasteiger partial charge is 0.464 e. The molecule has 0 aromatic carbocycles. The second-order valence-electron chi connectivity index (χ2n) is 3.17. The molecule has 0 atom stereocenters. The minimum absolute atomic E-state index is 0. The molecule has 0 rings (SSSR count). The molecule has 0 aliphatic heterocycles. The summed E-state index contributed by atoms with van der Waals surface area (Å²) in [6, 6.07) is 0. The van der Waals surface area contributed by atoms with Gasteiger partial charge in [-0.1, -0.05) is 0 Å².